The topological polar surface area (TPSA) is 53.6 Å². The molecule has 4 heteroatoms. The number of aromatic nitrogens is 2. The number of rotatable bonds is 3. The highest BCUT2D eigenvalue weighted by Crippen LogP contribution is 2.21. The molecular formula is C11H16N4. The van der Waals surface area contributed by atoms with Crippen molar-refractivity contribution in [3.8, 4) is 6.07 Å². The Balaban J connectivity index is 2.01. The zero-order valence-electron chi connectivity index (χ0n) is 8.98. The van der Waals surface area contributed by atoms with Crippen molar-refractivity contribution in [2.45, 2.75) is 37.8 Å². The van der Waals surface area contributed by atoms with Crippen LogP contribution in [0, 0.1) is 11.3 Å². The first kappa shape index (κ1) is 10.2. The van der Waals surface area contributed by atoms with Gasteiger partial charge in [-0.05, 0) is 12.8 Å². The van der Waals surface area contributed by atoms with Gasteiger partial charge in [0.2, 0.25) is 0 Å². The second-order valence-electron chi connectivity index (χ2n) is 4.16. The van der Waals surface area contributed by atoms with E-state index in [1.807, 2.05) is 13.2 Å². The lowest BCUT2D eigenvalue weighted by Gasteiger charge is -2.15. The maximum absolute atomic E-state index is 9.10. The monoisotopic (exact) mass is 204 g/mol. The Kier molecular flexibility index (Phi) is 3.02. The van der Waals surface area contributed by atoms with Gasteiger partial charge in [0.25, 0.3) is 0 Å². The molecule has 1 saturated carbocycles. The van der Waals surface area contributed by atoms with E-state index in [0.29, 0.717) is 6.04 Å². The zero-order chi connectivity index (χ0) is 10.7. The fraction of sp³-hybridized carbons (Fsp3) is 0.636. The van der Waals surface area contributed by atoms with Gasteiger partial charge in [0, 0.05) is 24.8 Å². The molecule has 0 radical (unpaired) electrons. The Morgan fingerprint density at radius 2 is 2.33 bits per heavy atom. The summed E-state index contributed by atoms with van der Waals surface area (Å²) >= 11 is 0. The summed E-state index contributed by atoms with van der Waals surface area (Å²) in [5.41, 5.74) is 0.965. The van der Waals surface area contributed by atoms with E-state index in [1.165, 1.54) is 25.7 Å². The third-order valence-corrected chi connectivity index (χ3v) is 2.94. The Morgan fingerprint density at radius 3 is 2.87 bits per heavy atom. The highest BCUT2D eigenvalue weighted by molar-refractivity contribution is 5.18. The average Bonchev–Trinajstić information content (AvgIpc) is 2.85. The van der Waals surface area contributed by atoms with E-state index in [0.717, 1.165) is 5.56 Å². The van der Waals surface area contributed by atoms with E-state index in [2.05, 4.69) is 16.5 Å². The van der Waals surface area contributed by atoms with Crippen LogP contribution in [-0.2, 0) is 7.05 Å². The van der Waals surface area contributed by atoms with Crippen LogP contribution in [-0.4, -0.2) is 15.8 Å². The van der Waals surface area contributed by atoms with Crippen LogP contribution in [0.25, 0.3) is 0 Å². The molecule has 1 heterocycles. The summed E-state index contributed by atoms with van der Waals surface area (Å²) in [5, 5.41) is 16.6. The fourth-order valence-electron chi connectivity index (χ4n) is 2.13. The minimum absolute atomic E-state index is 0.207. The molecule has 1 fully saturated rings. The SMILES string of the molecule is Cn1cc(C(C#N)NC2CCCC2)cn1. The maximum atomic E-state index is 9.10. The summed E-state index contributed by atoms with van der Waals surface area (Å²) in [7, 11) is 1.87. The summed E-state index contributed by atoms with van der Waals surface area (Å²) in [5.74, 6) is 0. The molecule has 15 heavy (non-hydrogen) atoms. The molecule has 0 aliphatic heterocycles. The van der Waals surface area contributed by atoms with Gasteiger partial charge in [-0.25, -0.2) is 0 Å². The quantitative estimate of drug-likeness (QED) is 0.812. The predicted octanol–water partition coefficient (Wildman–Crippen LogP) is 1.52. The lowest BCUT2D eigenvalue weighted by Crippen LogP contribution is -2.29. The van der Waals surface area contributed by atoms with Crippen molar-refractivity contribution in [2.24, 2.45) is 7.05 Å². The Morgan fingerprint density at radius 1 is 1.60 bits per heavy atom. The van der Waals surface area contributed by atoms with Gasteiger partial charge in [-0.1, -0.05) is 12.8 Å². The van der Waals surface area contributed by atoms with Crippen molar-refractivity contribution in [2.75, 3.05) is 0 Å². The lowest BCUT2D eigenvalue weighted by molar-refractivity contribution is 0.492. The second-order valence-corrected chi connectivity index (χ2v) is 4.16. The molecule has 0 aromatic carbocycles. The summed E-state index contributed by atoms with van der Waals surface area (Å²) in [6.45, 7) is 0. The van der Waals surface area contributed by atoms with Gasteiger partial charge in [0.1, 0.15) is 6.04 Å². The highest BCUT2D eigenvalue weighted by Gasteiger charge is 2.20. The molecule has 80 valence electrons. The van der Waals surface area contributed by atoms with Crippen LogP contribution in [0.4, 0.5) is 0 Å². The highest BCUT2D eigenvalue weighted by atomic mass is 15.2. The molecule has 1 aliphatic carbocycles. The van der Waals surface area contributed by atoms with Crippen LogP contribution in [0.5, 0.6) is 0 Å². The molecule has 1 unspecified atom stereocenters. The third kappa shape index (κ3) is 2.37. The molecule has 0 bridgehead atoms. The molecule has 1 atom stereocenters. The van der Waals surface area contributed by atoms with Gasteiger partial charge in [-0.15, -0.1) is 0 Å². The van der Waals surface area contributed by atoms with Crippen LogP contribution >= 0.6 is 0 Å². The first-order valence-electron chi connectivity index (χ1n) is 5.44. The number of nitrogens with one attached hydrogen (secondary N) is 1. The largest absolute Gasteiger partial charge is 0.295 e. The van der Waals surface area contributed by atoms with Crippen molar-refractivity contribution in [1.82, 2.24) is 15.1 Å². The summed E-state index contributed by atoms with van der Waals surface area (Å²) in [4.78, 5) is 0. The molecule has 0 amide bonds. The number of aryl methyl sites for hydroxylation is 1. The van der Waals surface area contributed by atoms with Crippen LogP contribution in [0.15, 0.2) is 12.4 Å². The molecule has 2 rings (SSSR count). The van der Waals surface area contributed by atoms with Gasteiger partial charge in [0.15, 0.2) is 0 Å². The van der Waals surface area contributed by atoms with Crippen molar-refractivity contribution < 1.29 is 0 Å². The van der Waals surface area contributed by atoms with E-state index in [4.69, 9.17) is 5.26 Å². The molecule has 1 aromatic rings. The van der Waals surface area contributed by atoms with Gasteiger partial charge in [0.05, 0.1) is 12.3 Å². The van der Waals surface area contributed by atoms with Crippen LogP contribution in [0.2, 0.25) is 0 Å². The van der Waals surface area contributed by atoms with Gasteiger partial charge < -0.3 is 0 Å². The van der Waals surface area contributed by atoms with Crippen molar-refractivity contribution in [3.63, 3.8) is 0 Å². The third-order valence-electron chi connectivity index (χ3n) is 2.94. The normalized spacial score (nSPS) is 18.9. The van der Waals surface area contributed by atoms with E-state index in [1.54, 1.807) is 10.9 Å². The number of nitrogens with zero attached hydrogens (tertiary/aromatic N) is 3. The maximum Gasteiger partial charge on any atom is 0.124 e. The van der Waals surface area contributed by atoms with E-state index in [-0.39, 0.29) is 6.04 Å². The first-order valence-corrected chi connectivity index (χ1v) is 5.44. The number of hydrogen-bond acceptors (Lipinski definition) is 3. The lowest BCUT2D eigenvalue weighted by atomic mass is 10.1. The Bertz CT molecular complexity index is 357. The summed E-state index contributed by atoms with van der Waals surface area (Å²) < 4.78 is 1.73. The first-order chi connectivity index (χ1) is 7.29. The molecular weight excluding hydrogens is 188 g/mol. The van der Waals surface area contributed by atoms with Gasteiger partial charge in [-0.3, -0.25) is 10.00 Å². The molecule has 0 saturated heterocycles. The van der Waals surface area contributed by atoms with E-state index >= 15 is 0 Å². The minimum atomic E-state index is -0.207. The van der Waals surface area contributed by atoms with Crippen LogP contribution in [0.1, 0.15) is 37.3 Å². The van der Waals surface area contributed by atoms with Crippen molar-refractivity contribution >= 4 is 0 Å². The van der Waals surface area contributed by atoms with Crippen LogP contribution < -0.4 is 5.32 Å². The van der Waals surface area contributed by atoms with Gasteiger partial charge >= 0.3 is 0 Å². The van der Waals surface area contributed by atoms with Crippen molar-refractivity contribution in [3.05, 3.63) is 18.0 Å². The predicted molar refractivity (Wildman–Crippen MR) is 57.0 cm³/mol. The number of hydrogen-bond donors (Lipinski definition) is 1. The average molecular weight is 204 g/mol. The molecule has 1 aromatic heterocycles. The summed E-state index contributed by atoms with van der Waals surface area (Å²) in [6, 6.07) is 2.60. The Labute approximate surface area is 89.9 Å². The standard InChI is InChI=1S/C11H16N4/c1-15-8-9(7-13-15)11(6-12)14-10-4-2-3-5-10/h7-8,10-11,14H,2-5H2,1H3. The van der Waals surface area contributed by atoms with Gasteiger partial charge in [-0.2, -0.15) is 10.4 Å². The smallest absolute Gasteiger partial charge is 0.124 e. The Hall–Kier alpha value is -1.34. The van der Waals surface area contributed by atoms with Crippen LogP contribution in [0.3, 0.4) is 0 Å². The fourth-order valence-corrected chi connectivity index (χ4v) is 2.13. The molecule has 0 spiro atoms. The zero-order valence-corrected chi connectivity index (χ0v) is 8.98. The molecule has 1 N–H and O–H groups in total. The van der Waals surface area contributed by atoms with E-state index < -0.39 is 0 Å². The molecule has 1 aliphatic rings. The number of nitriles is 1. The van der Waals surface area contributed by atoms with Crippen molar-refractivity contribution in [1.29, 1.82) is 5.26 Å². The van der Waals surface area contributed by atoms with E-state index in [9.17, 15) is 0 Å². The summed E-state index contributed by atoms with van der Waals surface area (Å²) in [6.07, 6.45) is 8.61. The second kappa shape index (κ2) is 4.45. The molecule has 4 nitrogen and oxygen atoms in total. The minimum Gasteiger partial charge on any atom is -0.295 e.